The van der Waals surface area contributed by atoms with Gasteiger partial charge in [0.1, 0.15) is 0 Å². The first-order chi connectivity index (χ1) is 10.5. The van der Waals surface area contributed by atoms with Crippen molar-refractivity contribution in [2.45, 2.75) is 45.7 Å². The van der Waals surface area contributed by atoms with Gasteiger partial charge in [0.15, 0.2) is 0 Å². The Labute approximate surface area is 132 Å². The van der Waals surface area contributed by atoms with Crippen LogP contribution in [0.25, 0.3) is 0 Å². The zero-order valence-corrected chi connectivity index (χ0v) is 13.7. The first-order valence-corrected chi connectivity index (χ1v) is 8.29. The van der Waals surface area contributed by atoms with Gasteiger partial charge in [0.05, 0.1) is 12.6 Å². The van der Waals surface area contributed by atoms with Crippen LogP contribution in [0.15, 0.2) is 18.2 Å². The summed E-state index contributed by atoms with van der Waals surface area (Å²) in [5, 5.41) is 6.26. The first-order valence-electron chi connectivity index (χ1n) is 8.29. The van der Waals surface area contributed by atoms with E-state index in [4.69, 9.17) is 4.74 Å². The minimum atomic E-state index is -0.0643. The summed E-state index contributed by atoms with van der Waals surface area (Å²) in [6.45, 7) is 7.93. The summed E-state index contributed by atoms with van der Waals surface area (Å²) < 4.78 is 5.40. The number of carbonyl (C=O) groups is 1. The summed E-state index contributed by atoms with van der Waals surface area (Å²) in [4.78, 5) is 12.3. The highest BCUT2D eigenvalue weighted by Crippen LogP contribution is 2.36. The fourth-order valence-corrected chi connectivity index (χ4v) is 3.64. The maximum Gasteiger partial charge on any atom is 0.315 e. The van der Waals surface area contributed by atoms with Crippen molar-refractivity contribution in [3.05, 3.63) is 34.9 Å². The number of carbonyl (C=O) groups excluding carboxylic acids is 1. The molecule has 1 aromatic rings. The molecule has 0 spiro atoms. The van der Waals surface area contributed by atoms with Crippen molar-refractivity contribution in [3.63, 3.8) is 0 Å². The average Bonchev–Trinajstić information content (AvgIpc) is 3.09. The fourth-order valence-electron chi connectivity index (χ4n) is 3.64. The molecule has 1 aromatic carbocycles. The maximum atomic E-state index is 12.3. The molecule has 120 valence electrons. The van der Waals surface area contributed by atoms with Crippen molar-refractivity contribution in [1.82, 2.24) is 10.6 Å². The van der Waals surface area contributed by atoms with E-state index in [9.17, 15) is 4.79 Å². The average molecular weight is 302 g/mol. The molecule has 1 saturated heterocycles. The number of hydrogen-bond donors (Lipinski definition) is 2. The van der Waals surface area contributed by atoms with Gasteiger partial charge in [-0.15, -0.1) is 0 Å². The van der Waals surface area contributed by atoms with Crippen LogP contribution >= 0.6 is 0 Å². The topological polar surface area (TPSA) is 50.4 Å². The number of fused-ring (bicyclic) bond motifs is 1. The third kappa shape index (κ3) is 3.12. The van der Waals surface area contributed by atoms with Crippen LogP contribution < -0.4 is 10.6 Å². The molecular weight excluding hydrogens is 276 g/mol. The largest absolute Gasteiger partial charge is 0.381 e. The Morgan fingerprint density at radius 2 is 2.23 bits per heavy atom. The number of amides is 2. The molecule has 0 radical (unpaired) electrons. The minimum Gasteiger partial charge on any atom is -0.381 e. The Kier molecular flexibility index (Phi) is 4.39. The Bertz CT molecular complexity index is 552. The van der Waals surface area contributed by atoms with Crippen molar-refractivity contribution in [1.29, 1.82) is 0 Å². The molecule has 1 aliphatic carbocycles. The van der Waals surface area contributed by atoms with E-state index >= 15 is 0 Å². The molecule has 1 aliphatic heterocycles. The van der Waals surface area contributed by atoms with E-state index in [0.29, 0.717) is 11.8 Å². The van der Waals surface area contributed by atoms with Gasteiger partial charge in [-0.25, -0.2) is 4.79 Å². The molecule has 0 bridgehead atoms. The van der Waals surface area contributed by atoms with Gasteiger partial charge in [-0.3, -0.25) is 0 Å². The Morgan fingerprint density at radius 3 is 2.95 bits per heavy atom. The van der Waals surface area contributed by atoms with Gasteiger partial charge in [0.25, 0.3) is 0 Å². The number of hydrogen-bond acceptors (Lipinski definition) is 2. The minimum absolute atomic E-state index is 0.0643. The second kappa shape index (κ2) is 6.29. The highest BCUT2D eigenvalue weighted by Gasteiger charge is 2.31. The van der Waals surface area contributed by atoms with E-state index in [-0.39, 0.29) is 18.1 Å². The van der Waals surface area contributed by atoms with Crippen LogP contribution in [0.1, 0.15) is 43.0 Å². The molecule has 2 aliphatic rings. The lowest BCUT2D eigenvalue weighted by molar-refractivity contribution is 0.177. The number of benzene rings is 1. The second-order valence-electron chi connectivity index (χ2n) is 6.89. The molecule has 22 heavy (non-hydrogen) atoms. The molecule has 1 heterocycles. The third-order valence-corrected chi connectivity index (χ3v) is 5.06. The molecule has 0 aromatic heterocycles. The van der Waals surface area contributed by atoms with E-state index < -0.39 is 0 Å². The molecule has 0 saturated carbocycles. The molecule has 4 nitrogen and oxygen atoms in total. The Morgan fingerprint density at radius 1 is 1.41 bits per heavy atom. The normalized spacial score (nSPS) is 28.2. The lowest BCUT2D eigenvalue weighted by Gasteiger charge is -2.23. The second-order valence-corrected chi connectivity index (χ2v) is 6.89. The third-order valence-electron chi connectivity index (χ3n) is 5.06. The standard InChI is InChI=1S/C18H26N2O2/c1-11-4-5-14-9-12(2)17(16(14)8-11)20-18(21)19-13(3)15-6-7-22-10-15/h4-5,8,12-13,15,17H,6-7,9-10H2,1-3H3,(H2,19,20,21)/t12-,13-,15-,17-/m1/s1. The molecule has 4 atom stereocenters. The van der Waals surface area contributed by atoms with E-state index in [1.165, 1.54) is 16.7 Å². The van der Waals surface area contributed by atoms with Crippen molar-refractivity contribution in [3.8, 4) is 0 Å². The van der Waals surface area contributed by atoms with E-state index in [1.54, 1.807) is 0 Å². The Hall–Kier alpha value is -1.55. The molecule has 2 N–H and O–H groups in total. The van der Waals surface area contributed by atoms with Crippen molar-refractivity contribution >= 4 is 6.03 Å². The molecule has 0 unspecified atom stereocenters. The van der Waals surface area contributed by atoms with Crippen molar-refractivity contribution in [2.24, 2.45) is 11.8 Å². The van der Waals surface area contributed by atoms with Gasteiger partial charge >= 0.3 is 6.03 Å². The number of ether oxygens (including phenoxy) is 1. The van der Waals surface area contributed by atoms with Crippen LogP contribution in [0.2, 0.25) is 0 Å². The van der Waals surface area contributed by atoms with Gasteiger partial charge in [-0.1, -0.05) is 30.7 Å². The van der Waals surface area contributed by atoms with Crippen LogP contribution in [-0.2, 0) is 11.2 Å². The lowest BCUT2D eigenvalue weighted by atomic mass is 10.0. The van der Waals surface area contributed by atoms with Crippen LogP contribution in [0.5, 0.6) is 0 Å². The van der Waals surface area contributed by atoms with Crippen molar-refractivity contribution < 1.29 is 9.53 Å². The molecule has 2 amide bonds. The summed E-state index contributed by atoms with van der Waals surface area (Å²) in [5.74, 6) is 0.869. The first kappa shape index (κ1) is 15.3. The monoisotopic (exact) mass is 302 g/mol. The van der Waals surface area contributed by atoms with E-state index in [1.807, 2.05) is 0 Å². The predicted molar refractivity (Wildman–Crippen MR) is 86.8 cm³/mol. The zero-order valence-electron chi connectivity index (χ0n) is 13.7. The van der Waals surface area contributed by atoms with Crippen LogP contribution in [0.4, 0.5) is 4.79 Å². The Balaban J connectivity index is 1.63. The van der Waals surface area contributed by atoms with Gasteiger partial charge in [0, 0.05) is 18.6 Å². The summed E-state index contributed by atoms with van der Waals surface area (Å²) in [6.07, 6.45) is 2.07. The van der Waals surface area contributed by atoms with Gasteiger partial charge in [0.2, 0.25) is 0 Å². The number of nitrogens with one attached hydrogen (secondary N) is 2. The quantitative estimate of drug-likeness (QED) is 0.902. The highest BCUT2D eigenvalue weighted by atomic mass is 16.5. The fraction of sp³-hybridized carbons (Fsp3) is 0.611. The van der Waals surface area contributed by atoms with Crippen LogP contribution in [0, 0.1) is 18.8 Å². The zero-order chi connectivity index (χ0) is 15.7. The van der Waals surface area contributed by atoms with Crippen LogP contribution in [-0.4, -0.2) is 25.3 Å². The number of urea groups is 1. The number of aryl methyl sites for hydroxylation is 1. The molecule has 1 fully saturated rings. The number of rotatable bonds is 3. The maximum absolute atomic E-state index is 12.3. The summed E-state index contributed by atoms with van der Waals surface area (Å²) in [6, 6.07) is 6.75. The SMILES string of the molecule is Cc1ccc2c(c1)[C@H](NC(=O)N[C@H](C)[C@@H]1CCOC1)[C@H](C)C2. The smallest absolute Gasteiger partial charge is 0.315 e. The van der Waals surface area contributed by atoms with Crippen LogP contribution in [0.3, 0.4) is 0 Å². The molecule has 4 heteroatoms. The summed E-state index contributed by atoms with van der Waals surface area (Å²) in [7, 11) is 0. The molecule has 3 rings (SSSR count). The van der Waals surface area contributed by atoms with Gasteiger partial charge in [-0.2, -0.15) is 0 Å². The van der Waals surface area contributed by atoms with E-state index in [0.717, 1.165) is 26.1 Å². The molecular formula is C18H26N2O2. The predicted octanol–water partition coefficient (Wildman–Crippen LogP) is 2.95. The lowest BCUT2D eigenvalue weighted by Crippen LogP contribution is -2.45. The summed E-state index contributed by atoms with van der Waals surface area (Å²) in [5.41, 5.74) is 3.89. The van der Waals surface area contributed by atoms with E-state index in [2.05, 4.69) is 49.6 Å². The van der Waals surface area contributed by atoms with Crippen molar-refractivity contribution in [2.75, 3.05) is 13.2 Å². The van der Waals surface area contributed by atoms with Gasteiger partial charge < -0.3 is 15.4 Å². The highest BCUT2D eigenvalue weighted by molar-refractivity contribution is 5.75. The van der Waals surface area contributed by atoms with Gasteiger partial charge in [-0.05, 0) is 43.7 Å². The summed E-state index contributed by atoms with van der Waals surface area (Å²) >= 11 is 0.